The maximum Gasteiger partial charge on any atom is 0.321 e. The summed E-state index contributed by atoms with van der Waals surface area (Å²) in [6.45, 7) is 0.715. The van der Waals surface area contributed by atoms with Gasteiger partial charge in [-0.25, -0.2) is 0 Å². The molecule has 1 atom stereocenters. The number of carbonyl (C=O) groups is 1. The molecule has 0 aliphatic heterocycles. The van der Waals surface area contributed by atoms with Crippen LogP contribution in [0.5, 0.6) is 5.75 Å². The van der Waals surface area contributed by atoms with Crippen molar-refractivity contribution in [3.8, 4) is 5.75 Å². The van der Waals surface area contributed by atoms with Crippen LogP contribution in [0.3, 0.4) is 0 Å². The highest BCUT2D eigenvalue weighted by Gasteiger charge is 2.20. The summed E-state index contributed by atoms with van der Waals surface area (Å²) < 4.78 is 5.98. The summed E-state index contributed by atoms with van der Waals surface area (Å²) in [6.07, 6.45) is 2.25. The van der Waals surface area contributed by atoms with Gasteiger partial charge in [-0.15, -0.1) is 0 Å². The number of carboxylic acid groups (broad SMARTS) is 1. The number of benzene rings is 3. The molecule has 0 aliphatic carbocycles. The fourth-order valence-electron chi connectivity index (χ4n) is 3.56. The predicted molar refractivity (Wildman–Crippen MR) is 122 cm³/mol. The number of H-pyrrole nitrogens is 1. The number of aromatic amines is 1. The molecule has 1 aromatic heterocycles. The highest BCUT2D eigenvalue weighted by atomic mass is 35.5. The predicted octanol–water partition coefficient (Wildman–Crippen LogP) is 5.19. The molecule has 0 bridgehead atoms. The number of carboxylic acids is 1. The Balaban J connectivity index is 1.44. The van der Waals surface area contributed by atoms with Crippen molar-refractivity contribution in [2.75, 3.05) is 0 Å². The number of aliphatic carboxylic acids is 1. The number of hydrogen-bond donors (Lipinski definition) is 3. The smallest absolute Gasteiger partial charge is 0.321 e. The second-order valence-corrected chi connectivity index (χ2v) is 7.73. The lowest BCUT2D eigenvalue weighted by atomic mass is 10.0. The molecule has 0 saturated carbocycles. The topological polar surface area (TPSA) is 74.3 Å². The molecule has 0 saturated heterocycles. The van der Waals surface area contributed by atoms with Crippen LogP contribution in [0.1, 0.15) is 16.7 Å². The van der Waals surface area contributed by atoms with E-state index in [-0.39, 0.29) is 0 Å². The van der Waals surface area contributed by atoms with E-state index in [4.69, 9.17) is 16.3 Å². The van der Waals surface area contributed by atoms with Crippen LogP contribution in [0.25, 0.3) is 10.9 Å². The first-order chi connectivity index (χ1) is 15.1. The second kappa shape index (κ2) is 9.69. The van der Waals surface area contributed by atoms with Crippen LogP contribution >= 0.6 is 11.6 Å². The molecule has 0 unspecified atom stereocenters. The summed E-state index contributed by atoms with van der Waals surface area (Å²) in [4.78, 5) is 15.1. The molecule has 3 N–H and O–H groups in total. The van der Waals surface area contributed by atoms with Gasteiger partial charge in [0.15, 0.2) is 0 Å². The van der Waals surface area contributed by atoms with Gasteiger partial charge in [-0.2, -0.15) is 0 Å². The number of para-hydroxylation sites is 2. The number of halogens is 1. The largest absolute Gasteiger partial charge is 0.489 e. The third-order valence-electron chi connectivity index (χ3n) is 5.25. The Morgan fingerprint density at radius 1 is 0.968 bits per heavy atom. The Labute approximate surface area is 185 Å². The number of fused-ring (bicyclic) bond motifs is 1. The highest BCUT2D eigenvalue weighted by Crippen LogP contribution is 2.23. The summed E-state index contributed by atoms with van der Waals surface area (Å²) in [7, 11) is 0. The summed E-state index contributed by atoms with van der Waals surface area (Å²) in [5, 5.41) is 14.6. The van der Waals surface area contributed by atoms with E-state index in [9.17, 15) is 9.90 Å². The molecule has 0 radical (unpaired) electrons. The van der Waals surface area contributed by atoms with E-state index in [2.05, 4.69) is 10.3 Å². The normalized spacial score (nSPS) is 12.0. The van der Waals surface area contributed by atoms with Gasteiger partial charge in [0.2, 0.25) is 0 Å². The standard InChI is InChI=1S/C25H23ClN2O3/c26-21-10-4-1-8-18(21)16-31-24-12-6-2-7-17(24)14-28-23(25(29)30)13-19-15-27-22-11-5-3-9-20(19)22/h1-12,15,23,27-28H,13-14,16H2,(H,29,30)/t23-/m0/s1. The molecule has 1 heterocycles. The van der Waals surface area contributed by atoms with E-state index in [0.29, 0.717) is 30.3 Å². The first kappa shape index (κ1) is 21.0. The van der Waals surface area contributed by atoms with Gasteiger partial charge < -0.3 is 14.8 Å². The average Bonchev–Trinajstić information content (AvgIpc) is 3.19. The Bertz CT molecular complexity index is 1190. The third-order valence-corrected chi connectivity index (χ3v) is 5.62. The minimum absolute atomic E-state index is 0.342. The van der Waals surface area contributed by atoms with Crippen molar-refractivity contribution < 1.29 is 14.6 Å². The molecule has 0 aliphatic rings. The van der Waals surface area contributed by atoms with Gasteiger partial charge >= 0.3 is 5.97 Å². The zero-order chi connectivity index (χ0) is 21.6. The monoisotopic (exact) mass is 434 g/mol. The highest BCUT2D eigenvalue weighted by molar-refractivity contribution is 6.31. The van der Waals surface area contributed by atoms with Gasteiger partial charge in [0.05, 0.1) is 0 Å². The van der Waals surface area contributed by atoms with Gasteiger partial charge in [-0.1, -0.05) is 66.2 Å². The molecule has 0 spiro atoms. The third kappa shape index (κ3) is 5.08. The van der Waals surface area contributed by atoms with E-state index < -0.39 is 12.0 Å². The Morgan fingerprint density at radius 2 is 1.68 bits per heavy atom. The van der Waals surface area contributed by atoms with Crippen molar-refractivity contribution in [3.63, 3.8) is 0 Å². The molecule has 31 heavy (non-hydrogen) atoms. The van der Waals surface area contributed by atoms with E-state index in [0.717, 1.165) is 27.6 Å². The van der Waals surface area contributed by atoms with Crippen molar-refractivity contribution in [2.24, 2.45) is 0 Å². The van der Waals surface area contributed by atoms with Gasteiger partial charge in [0.25, 0.3) is 0 Å². The first-order valence-corrected chi connectivity index (χ1v) is 10.4. The summed E-state index contributed by atoms with van der Waals surface area (Å²) >= 11 is 6.22. The maximum atomic E-state index is 11.9. The first-order valence-electron chi connectivity index (χ1n) is 10.1. The average molecular weight is 435 g/mol. The van der Waals surface area contributed by atoms with Gasteiger partial charge in [0.1, 0.15) is 18.4 Å². The van der Waals surface area contributed by atoms with Crippen molar-refractivity contribution in [2.45, 2.75) is 25.6 Å². The maximum absolute atomic E-state index is 11.9. The minimum Gasteiger partial charge on any atom is -0.489 e. The van der Waals surface area contributed by atoms with E-state index in [1.54, 1.807) is 0 Å². The molecule has 6 heteroatoms. The number of hydrogen-bond acceptors (Lipinski definition) is 3. The van der Waals surface area contributed by atoms with Crippen molar-refractivity contribution >= 4 is 28.5 Å². The Kier molecular flexibility index (Phi) is 6.55. The fraction of sp³-hybridized carbons (Fsp3) is 0.160. The van der Waals surface area contributed by atoms with Gasteiger partial charge in [-0.05, 0) is 23.8 Å². The second-order valence-electron chi connectivity index (χ2n) is 7.32. The molecule has 158 valence electrons. The van der Waals surface area contributed by atoms with Crippen LogP contribution in [0.15, 0.2) is 79.0 Å². The van der Waals surface area contributed by atoms with Gasteiger partial charge in [0, 0.05) is 46.2 Å². The number of aromatic nitrogens is 1. The summed E-state index contributed by atoms with van der Waals surface area (Å²) in [5.74, 6) is -0.189. The quantitative estimate of drug-likeness (QED) is 0.339. The number of rotatable bonds is 9. The SMILES string of the molecule is O=C(O)[C@H](Cc1c[nH]c2ccccc12)NCc1ccccc1OCc1ccccc1Cl. The lowest BCUT2D eigenvalue weighted by Crippen LogP contribution is -2.38. The van der Waals surface area contributed by atoms with Crippen molar-refractivity contribution in [1.29, 1.82) is 0 Å². The molecule has 3 aromatic carbocycles. The lowest BCUT2D eigenvalue weighted by molar-refractivity contribution is -0.139. The molecule has 0 amide bonds. The molecular formula is C25H23ClN2O3. The number of nitrogens with one attached hydrogen (secondary N) is 2. The minimum atomic E-state index is -0.889. The zero-order valence-electron chi connectivity index (χ0n) is 16.8. The molecule has 0 fully saturated rings. The van der Waals surface area contributed by atoms with Crippen LogP contribution in [0, 0.1) is 0 Å². The van der Waals surface area contributed by atoms with Crippen LogP contribution in [-0.2, 0) is 24.4 Å². The molecule has 4 aromatic rings. The van der Waals surface area contributed by atoms with E-state index in [1.165, 1.54) is 0 Å². The zero-order valence-corrected chi connectivity index (χ0v) is 17.6. The summed E-state index contributed by atoms with van der Waals surface area (Å²) in [5.41, 5.74) is 3.76. The summed E-state index contributed by atoms with van der Waals surface area (Å²) in [6, 6.07) is 22.3. The Hall–Kier alpha value is -3.28. The fourth-order valence-corrected chi connectivity index (χ4v) is 3.75. The van der Waals surface area contributed by atoms with E-state index >= 15 is 0 Å². The molecular weight excluding hydrogens is 412 g/mol. The number of ether oxygens (including phenoxy) is 1. The van der Waals surface area contributed by atoms with Crippen molar-refractivity contribution in [3.05, 3.63) is 101 Å². The van der Waals surface area contributed by atoms with Crippen LogP contribution in [0.2, 0.25) is 5.02 Å². The van der Waals surface area contributed by atoms with Crippen LogP contribution in [0.4, 0.5) is 0 Å². The van der Waals surface area contributed by atoms with Crippen LogP contribution in [-0.4, -0.2) is 22.1 Å². The van der Waals surface area contributed by atoms with Crippen LogP contribution < -0.4 is 10.1 Å². The van der Waals surface area contributed by atoms with E-state index in [1.807, 2.05) is 79.0 Å². The Morgan fingerprint density at radius 3 is 2.48 bits per heavy atom. The lowest BCUT2D eigenvalue weighted by Gasteiger charge is -2.17. The van der Waals surface area contributed by atoms with Gasteiger partial charge in [-0.3, -0.25) is 10.1 Å². The molecule has 5 nitrogen and oxygen atoms in total. The van der Waals surface area contributed by atoms with Crippen molar-refractivity contribution in [1.82, 2.24) is 10.3 Å². The molecule has 4 rings (SSSR count).